The molecule has 1 fully saturated rings. The van der Waals surface area contributed by atoms with E-state index in [1.165, 1.54) is 11.8 Å². The Hall–Kier alpha value is -2.87. The summed E-state index contributed by atoms with van der Waals surface area (Å²) >= 11 is 1.47. The zero-order valence-corrected chi connectivity index (χ0v) is 19.9. The van der Waals surface area contributed by atoms with Crippen molar-refractivity contribution in [3.8, 4) is 0 Å². The number of anilines is 1. The SMILES string of the molecule is C/C=C(\S/C(=C/CC)C1CCCN(C(=O)c2ccccc2N)C1)C(=O)OCC.N=CC=N. The van der Waals surface area contributed by atoms with Crippen molar-refractivity contribution in [2.75, 3.05) is 25.4 Å². The van der Waals surface area contributed by atoms with Gasteiger partial charge in [-0.1, -0.05) is 43.0 Å². The van der Waals surface area contributed by atoms with Crippen LogP contribution in [0.25, 0.3) is 0 Å². The first kappa shape index (κ1) is 27.2. The van der Waals surface area contributed by atoms with Crippen LogP contribution in [0.3, 0.4) is 0 Å². The molecular formula is C24H34N4O3S. The monoisotopic (exact) mass is 458 g/mol. The summed E-state index contributed by atoms with van der Waals surface area (Å²) in [4.78, 5) is 28.7. The molecule has 0 radical (unpaired) electrons. The van der Waals surface area contributed by atoms with Gasteiger partial charge in [-0.3, -0.25) is 4.79 Å². The first-order chi connectivity index (χ1) is 15.4. The third kappa shape index (κ3) is 8.34. The molecule has 2 rings (SSSR count). The van der Waals surface area contributed by atoms with Gasteiger partial charge in [0.25, 0.3) is 5.91 Å². The van der Waals surface area contributed by atoms with Crippen LogP contribution in [0.15, 0.2) is 46.2 Å². The van der Waals surface area contributed by atoms with E-state index in [1.54, 1.807) is 25.1 Å². The van der Waals surface area contributed by atoms with Crippen molar-refractivity contribution >= 4 is 41.8 Å². The van der Waals surface area contributed by atoms with Crippen LogP contribution in [0.5, 0.6) is 0 Å². The van der Waals surface area contributed by atoms with Crippen LogP contribution in [-0.2, 0) is 9.53 Å². The highest BCUT2D eigenvalue weighted by Crippen LogP contribution is 2.37. The Morgan fingerprint density at radius 2 is 1.94 bits per heavy atom. The van der Waals surface area contributed by atoms with Gasteiger partial charge in [0.1, 0.15) is 0 Å². The maximum absolute atomic E-state index is 13.0. The van der Waals surface area contributed by atoms with Gasteiger partial charge >= 0.3 is 5.97 Å². The van der Waals surface area contributed by atoms with E-state index in [4.69, 9.17) is 21.3 Å². The molecule has 32 heavy (non-hydrogen) atoms. The quantitative estimate of drug-likeness (QED) is 0.221. The molecule has 1 heterocycles. The van der Waals surface area contributed by atoms with Crippen LogP contribution in [-0.4, -0.2) is 48.9 Å². The summed E-state index contributed by atoms with van der Waals surface area (Å²) in [5.41, 5.74) is 7.05. The number of carbonyl (C=O) groups is 2. The van der Waals surface area contributed by atoms with E-state index < -0.39 is 0 Å². The van der Waals surface area contributed by atoms with Gasteiger partial charge in [0.05, 0.1) is 17.1 Å². The molecule has 1 saturated heterocycles. The lowest BCUT2D eigenvalue weighted by Gasteiger charge is -2.34. The molecule has 1 aliphatic rings. The number of rotatable bonds is 8. The van der Waals surface area contributed by atoms with Crippen LogP contribution < -0.4 is 5.73 Å². The van der Waals surface area contributed by atoms with Gasteiger partial charge in [0, 0.05) is 37.1 Å². The average Bonchev–Trinajstić information content (AvgIpc) is 2.82. The molecule has 1 aliphatic heterocycles. The van der Waals surface area contributed by atoms with Gasteiger partial charge in [0.2, 0.25) is 0 Å². The van der Waals surface area contributed by atoms with Gasteiger partial charge in [-0.2, -0.15) is 0 Å². The predicted octanol–water partition coefficient (Wildman–Crippen LogP) is 4.90. The smallest absolute Gasteiger partial charge is 0.344 e. The summed E-state index contributed by atoms with van der Waals surface area (Å²) in [6, 6.07) is 7.20. The van der Waals surface area contributed by atoms with Crippen LogP contribution in [0.4, 0.5) is 5.69 Å². The number of esters is 1. The largest absolute Gasteiger partial charge is 0.462 e. The van der Waals surface area contributed by atoms with E-state index in [-0.39, 0.29) is 17.8 Å². The number of benzene rings is 1. The third-order valence-corrected chi connectivity index (χ3v) is 6.12. The number of nitrogens with two attached hydrogens (primary N) is 1. The van der Waals surface area contributed by atoms with E-state index in [9.17, 15) is 9.59 Å². The first-order valence-corrected chi connectivity index (χ1v) is 11.6. The van der Waals surface area contributed by atoms with E-state index in [2.05, 4.69) is 13.0 Å². The second kappa shape index (κ2) is 15.0. The molecule has 1 aromatic rings. The summed E-state index contributed by atoms with van der Waals surface area (Å²) < 4.78 is 5.16. The Labute approximate surface area is 195 Å². The Kier molecular flexibility index (Phi) is 12.7. The van der Waals surface area contributed by atoms with Gasteiger partial charge in [-0.05, 0) is 50.1 Å². The summed E-state index contributed by atoms with van der Waals surface area (Å²) in [7, 11) is 0. The number of ether oxygens (including phenoxy) is 1. The van der Waals surface area contributed by atoms with Crippen LogP contribution >= 0.6 is 11.8 Å². The average molecular weight is 459 g/mol. The number of nitrogens with zero attached hydrogens (tertiary/aromatic N) is 1. The second-order valence-corrected chi connectivity index (χ2v) is 8.12. The Balaban J connectivity index is 0.00000118. The summed E-state index contributed by atoms with van der Waals surface area (Å²) in [6.45, 7) is 7.44. The number of nitrogens with one attached hydrogen (secondary N) is 2. The number of amides is 1. The Morgan fingerprint density at radius 3 is 2.50 bits per heavy atom. The minimum Gasteiger partial charge on any atom is -0.462 e. The lowest BCUT2D eigenvalue weighted by molar-refractivity contribution is -0.137. The number of allylic oxidation sites excluding steroid dienone is 2. The number of thioether (sulfide) groups is 1. The molecule has 0 aromatic heterocycles. The fourth-order valence-electron chi connectivity index (χ4n) is 3.30. The van der Waals surface area contributed by atoms with Gasteiger partial charge in [-0.25, -0.2) is 4.79 Å². The topological polar surface area (TPSA) is 120 Å². The normalized spacial score (nSPS) is 16.5. The highest BCUT2D eigenvalue weighted by atomic mass is 32.2. The zero-order valence-electron chi connectivity index (χ0n) is 19.1. The van der Waals surface area contributed by atoms with Crippen molar-refractivity contribution < 1.29 is 14.3 Å². The molecule has 4 N–H and O–H groups in total. The number of piperidine rings is 1. The molecule has 1 aromatic carbocycles. The third-order valence-electron chi connectivity index (χ3n) is 4.76. The highest BCUT2D eigenvalue weighted by Gasteiger charge is 2.28. The fourth-order valence-corrected chi connectivity index (χ4v) is 4.42. The number of hydrogen-bond donors (Lipinski definition) is 3. The maximum atomic E-state index is 13.0. The maximum Gasteiger partial charge on any atom is 0.344 e. The van der Waals surface area contributed by atoms with Crippen LogP contribution in [0, 0.1) is 16.7 Å². The molecule has 1 unspecified atom stereocenters. The number of hydrogen-bond acceptors (Lipinski definition) is 7. The van der Waals surface area contributed by atoms with E-state index in [0.717, 1.165) is 43.1 Å². The van der Waals surface area contributed by atoms with E-state index in [0.29, 0.717) is 29.3 Å². The van der Waals surface area contributed by atoms with Crippen molar-refractivity contribution in [1.29, 1.82) is 10.8 Å². The van der Waals surface area contributed by atoms with Gasteiger partial charge in [-0.15, -0.1) is 0 Å². The van der Waals surface area contributed by atoms with Crippen molar-refractivity contribution in [2.24, 2.45) is 5.92 Å². The fraction of sp³-hybridized carbons (Fsp3) is 0.417. The number of likely N-dealkylation sites (tertiary alicyclic amines) is 1. The van der Waals surface area contributed by atoms with Crippen molar-refractivity contribution in [3.63, 3.8) is 0 Å². The standard InChI is InChI=1S/C22H30N2O3S.C2H4N2/c1-4-10-20(28-19(5-2)22(26)27-6-3)16-11-9-14-24(15-16)21(25)17-12-7-8-13-18(17)23;3-1-2-4/h5,7-8,10,12-13,16H,4,6,9,11,14-15,23H2,1-3H3;1-4H/b19-5-,20-10+;. The molecule has 0 spiro atoms. The molecule has 174 valence electrons. The molecule has 1 amide bonds. The Morgan fingerprint density at radius 1 is 1.25 bits per heavy atom. The highest BCUT2D eigenvalue weighted by molar-refractivity contribution is 8.07. The number of nitrogen functional groups attached to an aromatic ring is 1. The lowest BCUT2D eigenvalue weighted by atomic mass is 9.96. The van der Waals surface area contributed by atoms with Crippen LogP contribution in [0.1, 0.15) is 50.4 Å². The summed E-state index contributed by atoms with van der Waals surface area (Å²) in [6.07, 6.45) is 8.58. The van der Waals surface area contributed by atoms with Crippen molar-refractivity contribution in [1.82, 2.24) is 4.90 Å². The lowest BCUT2D eigenvalue weighted by Crippen LogP contribution is -2.40. The molecule has 0 saturated carbocycles. The van der Waals surface area contributed by atoms with Crippen molar-refractivity contribution in [2.45, 2.75) is 40.0 Å². The van der Waals surface area contributed by atoms with Gasteiger partial charge < -0.3 is 26.2 Å². The van der Waals surface area contributed by atoms with Crippen LogP contribution in [0.2, 0.25) is 0 Å². The van der Waals surface area contributed by atoms with E-state index in [1.807, 2.05) is 24.0 Å². The minimum atomic E-state index is -0.294. The summed E-state index contributed by atoms with van der Waals surface area (Å²) in [5, 5.41) is 12.2. The minimum absolute atomic E-state index is 0.0275. The summed E-state index contributed by atoms with van der Waals surface area (Å²) in [5.74, 6) is -0.116. The molecule has 7 nitrogen and oxygen atoms in total. The second-order valence-electron chi connectivity index (χ2n) is 7.00. The number of para-hydroxylation sites is 1. The van der Waals surface area contributed by atoms with Crippen molar-refractivity contribution in [3.05, 3.63) is 51.8 Å². The molecule has 8 heteroatoms. The Bertz CT molecular complexity index is 845. The number of carbonyl (C=O) groups excluding carboxylic acids is 2. The van der Waals surface area contributed by atoms with Gasteiger partial charge in [0.15, 0.2) is 0 Å². The first-order valence-electron chi connectivity index (χ1n) is 10.8. The molecular weight excluding hydrogens is 424 g/mol. The molecule has 1 atom stereocenters. The zero-order chi connectivity index (χ0) is 23.9. The molecule has 0 bridgehead atoms. The predicted molar refractivity (Wildman–Crippen MR) is 133 cm³/mol. The molecule has 0 aliphatic carbocycles. The van der Waals surface area contributed by atoms with E-state index >= 15 is 0 Å².